The molecule has 0 fully saturated rings. The van der Waals surface area contributed by atoms with E-state index < -0.39 is 0 Å². The molecule has 0 aliphatic carbocycles. The molecule has 0 atom stereocenters. The van der Waals surface area contributed by atoms with E-state index in [0.717, 1.165) is 11.3 Å². The maximum absolute atomic E-state index is 13.5. The van der Waals surface area contributed by atoms with Crippen LogP contribution in [0.2, 0.25) is 0 Å². The van der Waals surface area contributed by atoms with E-state index in [1.807, 2.05) is 24.3 Å². The largest absolute Gasteiger partial charge is 0.493 e. The van der Waals surface area contributed by atoms with E-state index in [4.69, 9.17) is 9.47 Å². The Morgan fingerprint density at radius 1 is 1.12 bits per heavy atom. The minimum atomic E-state index is -0.182. The van der Waals surface area contributed by atoms with Gasteiger partial charge in [0.05, 0.1) is 14.2 Å². The molecule has 0 spiro atoms. The first-order chi connectivity index (χ1) is 12.6. The van der Waals surface area contributed by atoms with Crippen molar-refractivity contribution in [2.24, 2.45) is 0 Å². The molecule has 0 saturated carbocycles. The van der Waals surface area contributed by atoms with E-state index in [-0.39, 0.29) is 11.7 Å². The summed E-state index contributed by atoms with van der Waals surface area (Å²) in [5.41, 5.74) is 1.71. The fourth-order valence-corrected chi connectivity index (χ4v) is 3.29. The summed E-state index contributed by atoms with van der Waals surface area (Å²) in [5.74, 6) is 2.51. The molecule has 0 saturated heterocycles. The van der Waals surface area contributed by atoms with Crippen molar-refractivity contribution in [3.8, 4) is 11.5 Å². The highest BCUT2D eigenvalue weighted by Gasteiger charge is 2.07. The maximum Gasteiger partial charge on any atom is 0.220 e. The topological polar surface area (TPSA) is 47.6 Å². The third-order valence-corrected chi connectivity index (χ3v) is 4.88. The number of hydrogen-bond acceptors (Lipinski definition) is 4. The average Bonchev–Trinajstić information content (AvgIpc) is 2.67. The first-order valence-electron chi connectivity index (χ1n) is 8.42. The second-order valence-corrected chi connectivity index (χ2v) is 6.79. The number of carbonyl (C=O) groups excluding carboxylic acids is 1. The van der Waals surface area contributed by atoms with Crippen molar-refractivity contribution in [2.75, 3.05) is 26.5 Å². The number of methoxy groups -OCH3 is 2. The Bertz CT molecular complexity index is 724. The molecule has 0 bridgehead atoms. The Morgan fingerprint density at radius 2 is 1.88 bits per heavy atom. The van der Waals surface area contributed by atoms with Crippen LogP contribution in [0.3, 0.4) is 0 Å². The molecule has 2 rings (SSSR count). The third-order valence-electron chi connectivity index (χ3n) is 3.87. The van der Waals surface area contributed by atoms with Crippen molar-refractivity contribution in [1.29, 1.82) is 0 Å². The van der Waals surface area contributed by atoms with Crippen LogP contribution >= 0.6 is 11.8 Å². The molecule has 0 heterocycles. The Balaban J connectivity index is 1.65. The molecule has 140 valence electrons. The number of halogens is 1. The molecule has 0 aliphatic rings. The number of ether oxygens (including phenoxy) is 2. The molecule has 26 heavy (non-hydrogen) atoms. The van der Waals surface area contributed by atoms with E-state index in [1.165, 1.54) is 6.07 Å². The summed E-state index contributed by atoms with van der Waals surface area (Å²) in [6.45, 7) is 0.573. The zero-order valence-electron chi connectivity index (χ0n) is 15.1. The van der Waals surface area contributed by atoms with Gasteiger partial charge in [-0.3, -0.25) is 4.79 Å². The lowest BCUT2D eigenvalue weighted by Gasteiger charge is -2.10. The molecule has 2 aromatic carbocycles. The van der Waals surface area contributed by atoms with Gasteiger partial charge in [-0.2, -0.15) is 11.8 Å². The van der Waals surface area contributed by atoms with Crippen LogP contribution in [0, 0.1) is 5.82 Å². The van der Waals surface area contributed by atoms with E-state index in [2.05, 4.69) is 5.32 Å². The molecule has 0 aromatic heterocycles. The quantitative estimate of drug-likeness (QED) is 0.640. The predicted octanol–water partition coefficient (Wildman–Crippen LogP) is 3.83. The van der Waals surface area contributed by atoms with E-state index >= 15 is 0 Å². The molecule has 2 aromatic rings. The molecular formula is C20H24FNO3S. The lowest BCUT2D eigenvalue weighted by molar-refractivity contribution is -0.120. The molecule has 0 aliphatic heterocycles. The minimum Gasteiger partial charge on any atom is -0.493 e. The number of rotatable bonds is 10. The van der Waals surface area contributed by atoms with E-state index in [1.54, 1.807) is 38.1 Å². The number of aryl methyl sites for hydroxylation is 1. The Morgan fingerprint density at radius 3 is 2.62 bits per heavy atom. The van der Waals surface area contributed by atoms with Crippen molar-refractivity contribution in [3.63, 3.8) is 0 Å². The van der Waals surface area contributed by atoms with Crippen molar-refractivity contribution in [2.45, 2.75) is 18.6 Å². The molecule has 4 nitrogen and oxygen atoms in total. The number of benzene rings is 2. The summed E-state index contributed by atoms with van der Waals surface area (Å²) in [7, 11) is 3.18. The van der Waals surface area contributed by atoms with E-state index in [9.17, 15) is 9.18 Å². The minimum absolute atomic E-state index is 0.00581. The fraction of sp³-hybridized carbons (Fsp3) is 0.350. The van der Waals surface area contributed by atoms with Crippen LogP contribution in [-0.4, -0.2) is 32.4 Å². The highest BCUT2D eigenvalue weighted by molar-refractivity contribution is 7.98. The lowest BCUT2D eigenvalue weighted by atomic mass is 10.1. The summed E-state index contributed by atoms with van der Waals surface area (Å²) < 4.78 is 24.0. The highest BCUT2D eigenvalue weighted by atomic mass is 32.2. The van der Waals surface area contributed by atoms with Crippen LogP contribution in [0.15, 0.2) is 42.5 Å². The zero-order chi connectivity index (χ0) is 18.8. The monoisotopic (exact) mass is 377 g/mol. The van der Waals surface area contributed by atoms with Crippen LogP contribution in [0.5, 0.6) is 11.5 Å². The van der Waals surface area contributed by atoms with Crippen LogP contribution in [-0.2, 0) is 17.0 Å². The van der Waals surface area contributed by atoms with Gasteiger partial charge in [0.25, 0.3) is 0 Å². The zero-order valence-corrected chi connectivity index (χ0v) is 15.9. The summed E-state index contributed by atoms with van der Waals surface area (Å²) in [4.78, 5) is 11.9. The van der Waals surface area contributed by atoms with Crippen LogP contribution < -0.4 is 14.8 Å². The molecule has 0 unspecified atom stereocenters. The maximum atomic E-state index is 13.5. The number of thioether (sulfide) groups is 1. The van der Waals surface area contributed by atoms with Gasteiger partial charge >= 0.3 is 0 Å². The Labute approximate surface area is 158 Å². The number of amides is 1. The SMILES string of the molecule is COc1ccc(CCC(=O)NCCSCc2ccccc2F)cc1OC. The summed E-state index contributed by atoms with van der Waals surface area (Å²) >= 11 is 1.60. The average molecular weight is 377 g/mol. The van der Waals surface area contributed by atoms with Gasteiger partial charge in [0, 0.05) is 24.5 Å². The lowest BCUT2D eigenvalue weighted by Crippen LogP contribution is -2.25. The van der Waals surface area contributed by atoms with Crippen molar-refractivity contribution < 1.29 is 18.7 Å². The van der Waals surface area contributed by atoms with Gasteiger partial charge in [0.1, 0.15) is 5.82 Å². The summed E-state index contributed by atoms with van der Waals surface area (Å²) in [6, 6.07) is 12.4. The number of carbonyl (C=O) groups is 1. The Kier molecular flexibility index (Phi) is 8.28. The molecule has 6 heteroatoms. The van der Waals surface area contributed by atoms with Gasteiger partial charge in [-0.25, -0.2) is 4.39 Å². The highest BCUT2D eigenvalue weighted by Crippen LogP contribution is 2.27. The molecule has 1 amide bonds. The first kappa shape index (κ1) is 20.1. The van der Waals surface area contributed by atoms with Gasteiger partial charge in [-0.15, -0.1) is 0 Å². The molecule has 1 N–H and O–H groups in total. The molecule has 0 radical (unpaired) electrons. The van der Waals surface area contributed by atoms with Crippen molar-refractivity contribution >= 4 is 17.7 Å². The normalized spacial score (nSPS) is 10.4. The van der Waals surface area contributed by atoms with Crippen LogP contribution in [0.1, 0.15) is 17.5 Å². The first-order valence-corrected chi connectivity index (χ1v) is 9.58. The van der Waals surface area contributed by atoms with Gasteiger partial charge in [0.2, 0.25) is 5.91 Å². The van der Waals surface area contributed by atoms with Gasteiger partial charge in [-0.1, -0.05) is 24.3 Å². The number of hydrogen-bond donors (Lipinski definition) is 1. The second kappa shape index (κ2) is 10.7. The second-order valence-electron chi connectivity index (χ2n) is 5.68. The van der Waals surface area contributed by atoms with Gasteiger partial charge in [-0.05, 0) is 35.7 Å². The van der Waals surface area contributed by atoms with Crippen LogP contribution in [0.25, 0.3) is 0 Å². The van der Waals surface area contributed by atoms with E-state index in [0.29, 0.717) is 42.2 Å². The Hall–Kier alpha value is -2.21. The van der Waals surface area contributed by atoms with Crippen molar-refractivity contribution in [1.82, 2.24) is 5.32 Å². The van der Waals surface area contributed by atoms with Crippen molar-refractivity contribution in [3.05, 3.63) is 59.4 Å². The summed E-state index contributed by atoms with van der Waals surface area (Å²) in [6.07, 6.45) is 1.04. The van der Waals surface area contributed by atoms with Crippen LogP contribution in [0.4, 0.5) is 4.39 Å². The summed E-state index contributed by atoms with van der Waals surface area (Å²) in [5, 5.41) is 2.90. The molecular weight excluding hydrogens is 353 g/mol. The van der Waals surface area contributed by atoms with Gasteiger partial charge in [0.15, 0.2) is 11.5 Å². The predicted molar refractivity (Wildman–Crippen MR) is 103 cm³/mol. The smallest absolute Gasteiger partial charge is 0.220 e. The number of nitrogens with one attached hydrogen (secondary N) is 1. The third kappa shape index (κ3) is 6.26. The van der Waals surface area contributed by atoms with Gasteiger partial charge < -0.3 is 14.8 Å². The standard InChI is InChI=1S/C20H24FNO3S/c1-24-18-9-7-15(13-19(18)25-2)8-10-20(23)22-11-12-26-14-16-5-3-4-6-17(16)21/h3-7,9,13H,8,10-12,14H2,1-2H3,(H,22,23). The fourth-order valence-electron chi connectivity index (χ4n) is 2.44.